The highest BCUT2D eigenvalue weighted by Crippen LogP contribution is 2.41. The second kappa shape index (κ2) is 8.20. The molecule has 0 bridgehead atoms. The Kier molecular flexibility index (Phi) is 5.75. The third kappa shape index (κ3) is 4.16. The zero-order valence-corrected chi connectivity index (χ0v) is 18.9. The number of nitrogens with zero attached hydrogens (tertiary/aromatic N) is 3. The quantitative estimate of drug-likeness (QED) is 0.401. The Bertz CT molecular complexity index is 1370. The molecule has 2 unspecified atom stereocenters. The van der Waals surface area contributed by atoms with Crippen LogP contribution in [0.1, 0.15) is 23.7 Å². The first kappa shape index (κ1) is 21.7. The molecular weight excluding hydrogens is 460 g/mol. The summed E-state index contributed by atoms with van der Waals surface area (Å²) >= 11 is -1.29. The topological polar surface area (TPSA) is 138 Å². The van der Waals surface area contributed by atoms with Gasteiger partial charge in [-0.3, -0.25) is 4.21 Å². The molecule has 0 aliphatic heterocycles. The SMILES string of the molecule is CC(c1nnc(CNS(=O)[O-])o1)(c1nc2ccc(-c3ccccc3)cc2s1)S(C)(=O)=O. The van der Waals surface area contributed by atoms with Gasteiger partial charge in [0.1, 0.15) is 5.01 Å². The normalized spacial score (nSPS) is 15.1. The molecule has 4 aromatic rings. The molecule has 31 heavy (non-hydrogen) atoms. The Hall–Kier alpha value is -2.51. The smallest absolute Gasteiger partial charge is 0.244 e. The Morgan fingerprint density at radius 2 is 1.90 bits per heavy atom. The van der Waals surface area contributed by atoms with E-state index in [2.05, 4.69) is 19.9 Å². The minimum Gasteiger partial charge on any atom is -0.760 e. The molecule has 12 heteroatoms. The molecule has 162 valence electrons. The Labute approximate surface area is 184 Å². The van der Waals surface area contributed by atoms with E-state index in [1.54, 1.807) is 0 Å². The van der Waals surface area contributed by atoms with Crippen LogP contribution in [0.25, 0.3) is 21.3 Å². The monoisotopic (exact) mass is 477 g/mol. The molecule has 0 saturated heterocycles. The molecule has 2 aromatic heterocycles. The van der Waals surface area contributed by atoms with Gasteiger partial charge in [0.15, 0.2) is 14.6 Å². The molecule has 2 aromatic carbocycles. The van der Waals surface area contributed by atoms with Gasteiger partial charge in [0, 0.05) is 17.5 Å². The van der Waals surface area contributed by atoms with E-state index in [0.29, 0.717) is 5.52 Å². The lowest BCUT2D eigenvalue weighted by Crippen LogP contribution is -2.33. The van der Waals surface area contributed by atoms with Crippen LogP contribution in [0.4, 0.5) is 0 Å². The maximum Gasteiger partial charge on any atom is 0.244 e. The fourth-order valence-electron chi connectivity index (χ4n) is 2.99. The van der Waals surface area contributed by atoms with E-state index >= 15 is 0 Å². The molecule has 0 fully saturated rings. The minimum atomic E-state index is -3.79. The van der Waals surface area contributed by atoms with E-state index in [1.807, 2.05) is 48.5 Å². The third-order valence-electron chi connectivity index (χ3n) is 4.86. The van der Waals surface area contributed by atoms with E-state index in [9.17, 15) is 17.2 Å². The fourth-order valence-corrected chi connectivity index (χ4v) is 5.61. The van der Waals surface area contributed by atoms with Crippen molar-refractivity contribution in [1.82, 2.24) is 19.9 Å². The maximum absolute atomic E-state index is 12.8. The number of fused-ring (bicyclic) bond motifs is 1. The van der Waals surface area contributed by atoms with E-state index in [-0.39, 0.29) is 23.3 Å². The van der Waals surface area contributed by atoms with Gasteiger partial charge in [-0.25, -0.2) is 18.1 Å². The van der Waals surface area contributed by atoms with Crippen molar-refractivity contribution in [3.63, 3.8) is 0 Å². The third-order valence-corrected chi connectivity index (χ3v) is 8.46. The van der Waals surface area contributed by atoms with Crippen LogP contribution < -0.4 is 4.72 Å². The lowest BCUT2D eigenvalue weighted by atomic mass is 10.1. The number of rotatable bonds is 7. The van der Waals surface area contributed by atoms with E-state index in [0.717, 1.165) is 22.1 Å². The molecule has 0 spiro atoms. The molecule has 0 amide bonds. The van der Waals surface area contributed by atoms with Crippen LogP contribution >= 0.6 is 11.3 Å². The van der Waals surface area contributed by atoms with Gasteiger partial charge in [-0.1, -0.05) is 36.4 Å². The van der Waals surface area contributed by atoms with Crippen LogP contribution in [0.3, 0.4) is 0 Å². The van der Waals surface area contributed by atoms with Crippen molar-refractivity contribution in [1.29, 1.82) is 0 Å². The Morgan fingerprint density at radius 1 is 1.16 bits per heavy atom. The summed E-state index contributed by atoms with van der Waals surface area (Å²) in [5.74, 6) is -0.229. The maximum atomic E-state index is 12.8. The molecule has 0 aliphatic rings. The first-order valence-electron chi connectivity index (χ1n) is 9.00. The van der Waals surface area contributed by atoms with Gasteiger partial charge in [-0.15, -0.1) is 21.5 Å². The lowest BCUT2D eigenvalue weighted by molar-refractivity contribution is 0.411. The fraction of sp³-hybridized carbons (Fsp3) is 0.211. The summed E-state index contributed by atoms with van der Waals surface area (Å²) in [4.78, 5) is 4.54. The standard InChI is InChI=1S/C19H18N4O5S3/c1-19(31(2,26)27,17-23-22-16(28-17)11-20-30(24)25)18-21-14-9-8-13(10-15(14)29-18)12-6-4-3-5-7-12/h3-10,20H,11H2,1-2H3,(H,24,25)/p-1. The van der Waals surface area contributed by atoms with Gasteiger partial charge in [0.25, 0.3) is 0 Å². The molecule has 0 saturated carbocycles. The van der Waals surface area contributed by atoms with E-state index in [4.69, 9.17) is 4.42 Å². The molecule has 2 atom stereocenters. The molecule has 0 radical (unpaired) electrons. The highest BCUT2D eigenvalue weighted by atomic mass is 32.2. The van der Waals surface area contributed by atoms with Gasteiger partial charge in [-0.2, -0.15) is 0 Å². The van der Waals surface area contributed by atoms with Gasteiger partial charge in [0.2, 0.25) is 11.8 Å². The van der Waals surface area contributed by atoms with Crippen molar-refractivity contribution in [2.24, 2.45) is 0 Å². The molecule has 0 aliphatic carbocycles. The summed E-state index contributed by atoms with van der Waals surface area (Å²) in [6.07, 6.45) is 1.07. The molecule has 1 N–H and O–H groups in total. The van der Waals surface area contributed by atoms with Crippen molar-refractivity contribution < 1.29 is 21.6 Å². The Balaban J connectivity index is 1.79. The molecule has 9 nitrogen and oxygen atoms in total. The number of hydrogen-bond donors (Lipinski definition) is 1. The number of benzene rings is 2. The lowest BCUT2D eigenvalue weighted by Gasteiger charge is -2.20. The van der Waals surface area contributed by atoms with Crippen molar-refractivity contribution >= 4 is 42.7 Å². The first-order chi connectivity index (χ1) is 14.7. The van der Waals surface area contributed by atoms with E-state index < -0.39 is 25.9 Å². The summed E-state index contributed by atoms with van der Waals surface area (Å²) in [5, 5.41) is 7.92. The van der Waals surface area contributed by atoms with E-state index in [1.165, 1.54) is 18.3 Å². The summed E-state index contributed by atoms with van der Waals surface area (Å²) < 4.78 is 53.7. The van der Waals surface area contributed by atoms with Crippen molar-refractivity contribution in [2.75, 3.05) is 6.26 Å². The minimum absolute atomic E-state index is 0.0541. The number of aromatic nitrogens is 3. The van der Waals surface area contributed by atoms with Gasteiger partial charge in [0.05, 0.1) is 16.8 Å². The number of nitrogens with one attached hydrogen (secondary N) is 1. The average molecular weight is 478 g/mol. The zero-order valence-electron chi connectivity index (χ0n) is 16.4. The summed E-state index contributed by atoms with van der Waals surface area (Å²) in [6, 6.07) is 15.5. The van der Waals surface area contributed by atoms with Crippen LogP contribution in [0, 0.1) is 0 Å². The molecule has 2 heterocycles. The average Bonchev–Trinajstić information content (AvgIpc) is 3.38. The largest absolute Gasteiger partial charge is 0.760 e. The van der Waals surface area contributed by atoms with Crippen LogP contribution in [-0.4, -0.2) is 38.6 Å². The highest BCUT2D eigenvalue weighted by Gasteiger charge is 2.47. The van der Waals surface area contributed by atoms with Crippen molar-refractivity contribution in [3.05, 3.63) is 65.3 Å². The predicted molar refractivity (Wildman–Crippen MR) is 116 cm³/mol. The van der Waals surface area contributed by atoms with Crippen molar-refractivity contribution in [3.8, 4) is 11.1 Å². The number of hydrogen-bond acceptors (Lipinski definition) is 9. The van der Waals surface area contributed by atoms with Gasteiger partial charge in [-0.05, 0) is 30.2 Å². The summed E-state index contributed by atoms with van der Waals surface area (Å²) in [6.45, 7) is 1.21. The van der Waals surface area contributed by atoms with Crippen molar-refractivity contribution in [2.45, 2.75) is 18.2 Å². The van der Waals surface area contributed by atoms with Crippen LogP contribution in [-0.2, 0) is 32.4 Å². The summed E-state index contributed by atoms with van der Waals surface area (Å²) in [7, 11) is -3.79. The van der Waals surface area contributed by atoms with Crippen LogP contribution in [0.2, 0.25) is 0 Å². The summed E-state index contributed by atoms with van der Waals surface area (Å²) in [5.41, 5.74) is 2.67. The number of thiazole rings is 1. The van der Waals surface area contributed by atoms with Crippen LogP contribution in [0.15, 0.2) is 52.9 Å². The number of sulfone groups is 1. The molecule has 4 rings (SSSR count). The first-order valence-corrected chi connectivity index (χ1v) is 12.8. The predicted octanol–water partition coefficient (Wildman–Crippen LogP) is 2.54. The highest BCUT2D eigenvalue weighted by molar-refractivity contribution is 7.92. The van der Waals surface area contributed by atoms with Crippen LogP contribution in [0.5, 0.6) is 0 Å². The second-order valence-corrected chi connectivity index (χ2v) is 11.1. The molecular formula is C19H17N4O5S3-. The Morgan fingerprint density at radius 3 is 2.58 bits per heavy atom. The van der Waals surface area contributed by atoms with Gasteiger partial charge < -0.3 is 8.97 Å². The zero-order chi connectivity index (χ0) is 22.2. The van der Waals surface area contributed by atoms with Gasteiger partial charge >= 0.3 is 0 Å². The second-order valence-electron chi connectivity index (χ2n) is 6.93.